The third-order valence-corrected chi connectivity index (χ3v) is 4.80. The second-order valence-corrected chi connectivity index (χ2v) is 6.84. The first-order valence-corrected chi connectivity index (χ1v) is 8.78. The number of hydrogen-bond acceptors (Lipinski definition) is 3. The number of para-hydroxylation sites is 1. The molecule has 0 atom stereocenters. The van der Waals surface area contributed by atoms with Crippen molar-refractivity contribution in [2.45, 2.75) is 25.2 Å². The van der Waals surface area contributed by atoms with E-state index in [2.05, 4.69) is 15.3 Å². The van der Waals surface area contributed by atoms with Gasteiger partial charge >= 0.3 is 6.18 Å². The van der Waals surface area contributed by atoms with Crippen LogP contribution < -0.4 is 5.32 Å². The van der Waals surface area contributed by atoms with Gasteiger partial charge in [-0.3, -0.25) is 4.79 Å². The van der Waals surface area contributed by atoms with Crippen molar-refractivity contribution in [3.63, 3.8) is 0 Å². The Labute approximate surface area is 152 Å². The van der Waals surface area contributed by atoms with E-state index in [0.29, 0.717) is 5.16 Å². The molecule has 0 bridgehead atoms. The Balaban J connectivity index is 1.68. The van der Waals surface area contributed by atoms with E-state index in [1.54, 1.807) is 0 Å². The summed E-state index contributed by atoms with van der Waals surface area (Å²) in [5, 5.41) is 2.86. The summed E-state index contributed by atoms with van der Waals surface area (Å²) in [6.45, 7) is 3.98. The summed E-state index contributed by atoms with van der Waals surface area (Å²) in [6, 6.07) is 8.82. The Morgan fingerprint density at radius 3 is 2.62 bits per heavy atom. The number of thioether (sulfide) groups is 1. The summed E-state index contributed by atoms with van der Waals surface area (Å²) in [4.78, 5) is 19.6. The number of carbonyl (C=O) groups excluding carboxylic acids is 1. The number of carbonyl (C=O) groups is 1. The number of amides is 1. The minimum absolute atomic E-state index is 0.0516. The number of fused-ring (bicyclic) bond motifs is 1. The second kappa shape index (κ2) is 7.03. The molecule has 2 N–H and O–H groups in total. The zero-order valence-electron chi connectivity index (χ0n) is 14.1. The number of alkyl halides is 3. The standard InChI is InChI=1S/C18H16F3N3OS/c1-10-7-14-15(8-11(10)2)24-17(23-14)26-9-16(25)22-13-6-4-3-5-12(13)18(19,20)21/h3-8H,9H2,1-2H3,(H,22,25)(H,23,24). The molecular formula is C18H16F3N3OS. The van der Waals surface area contributed by atoms with E-state index >= 15 is 0 Å². The molecule has 0 radical (unpaired) electrons. The Morgan fingerprint density at radius 1 is 1.19 bits per heavy atom. The van der Waals surface area contributed by atoms with Crippen molar-refractivity contribution in [2.75, 3.05) is 11.1 Å². The Bertz CT molecular complexity index is 927. The fourth-order valence-corrected chi connectivity index (χ4v) is 3.16. The largest absolute Gasteiger partial charge is 0.418 e. The number of H-pyrrole nitrogens is 1. The van der Waals surface area contributed by atoms with E-state index in [0.717, 1.165) is 40.0 Å². The molecule has 1 aromatic heterocycles. The lowest BCUT2D eigenvalue weighted by atomic mass is 10.1. The first-order chi connectivity index (χ1) is 12.2. The molecule has 0 aliphatic rings. The lowest BCUT2D eigenvalue weighted by molar-refractivity contribution is -0.137. The SMILES string of the molecule is Cc1cc2nc(SCC(=O)Nc3ccccc3C(F)(F)F)[nH]c2cc1C. The lowest BCUT2D eigenvalue weighted by Gasteiger charge is -2.13. The number of aromatic nitrogens is 2. The third kappa shape index (κ3) is 4.01. The van der Waals surface area contributed by atoms with Gasteiger partial charge in [0.25, 0.3) is 0 Å². The molecule has 3 rings (SSSR count). The summed E-state index contributed by atoms with van der Waals surface area (Å²) in [6.07, 6.45) is -4.52. The number of anilines is 1. The molecule has 3 aromatic rings. The van der Waals surface area contributed by atoms with Crippen molar-refractivity contribution in [1.82, 2.24) is 9.97 Å². The van der Waals surface area contributed by atoms with Crippen LogP contribution in [0.2, 0.25) is 0 Å². The molecule has 0 unspecified atom stereocenters. The van der Waals surface area contributed by atoms with Crippen molar-refractivity contribution in [3.05, 3.63) is 53.1 Å². The fourth-order valence-electron chi connectivity index (χ4n) is 2.47. The quantitative estimate of drug-likeness (QED) is 0.632. The molecule has 0 aliphatic heterocycles. The Hall–Kier alpha value is -2.48. The minimum Gasteiger partial charge on any atom is -0.333 e. The van der Waals surface area contributed by atoms with Gasteiger partial charge in [0.05, 0.1) is 28.0 Å². The predicted molar refractivity (Wildman–Crippen MR) is 96.4 cm³/mol. The van der Waals surface area contributed by atoms with Gasteiger partial charge in [0.2, 0.25) is 5.91 Å². The lowest BCUT2D eigenvalue weighted by Crippen LogP contribution is -2.18. The van der Waals surface area contributed by atoms with Gasteiger partial charge in [-0.15, -0.1) is 0 Å². The maximum absolute atomic E-state index is 13.0. The van der Waals surface area contributed by atoms with Crippen molar-refractivity contribution >= 4 is 34.4 Å². The predicted octanol–water partition coefficient (Wildman–Crippen LogP) is 4.93. The van der Waals surface area contributed by atoms with E-state index in [-0.39, 0.29) is 11.4 Å². The number of rotatable bonds is 4. The third-order valence-electron chi connectivity index (χ3n) is 3.92. The smallest absolute Gasteiger partial charge is 0.333 e. The van der Waals surface area contributed by atoms with Crippen molar-refractivity contribution < 1.29 is 18.0 Å². The topological polar surface area (TPSA) is 57.8 Å². The zero-order valence-corrected chi connectivity index (χ0v) is 14.9. The van der Waals surface area contributed by atoms with Crippen LogP contribution in [0.4, 0.5) is 18.9 Å². The molecule has 2 aromatic carbocycles. The van der Waals surface area contributed by atoms with Gasteiger partial charge in [-0.05, 0) is 49.2 Å². The molecule has 0 fully saturated rings. The number of benzene rings is 2. The summed E-state index contributed by atoms with van der Waals surface area (Å²) in [5.74, 6) is -0.580. The van der Waals surface area contributed by atoms with Gasteiger partial charge in [-0.1, -0.05) is 23.9 Å². The van der Waals surface area contributed by atoms with Crippen LogP contribution in [0.5, 0.6) is 0 Å². The summed E-state index contributed by atoms with van der Waals surface area (Å²) < 4.78 is 38.9. The van der Waals surface area contributed by atoms with E-state index < -0.39 is 17.6 Å². The van der Waals surface area contributed by atoms with Crippen LogP contribution >= 0.6 is 11.8 Å². The molecule has 0 saturated heterocycles. The monoisotopic (exact) mass is 379 g/mol. The van der Waals surface area contributed by atoms with Gasteiger partial charge in [-0.25, -0.2) is 4.98 Å². The summed E-state index contributed by atoms with van der Waals surface area (Å²) >= 11 is 1.14. The van der Waals surface area contributed by atoms with Gasteiger partial charge in [0, 0.05) is 0 Å². The maximum Gasteiger partial charge on any atom is 0.418 e. The number of halogens is 3. The first kappa shape index (κ1) is 18.3. The number of nitrogens with zero attached hydrogens (tertiary/aromatic N) is 1. The van der Waals surface area contributed by atoms with Crippen LogP contribution in [-0.4, -0.2) is 21.6 Å². The van der Waals surface area contributed by atoms with Crippen LogP contribution in [0.3, 0.4) is 0 Å². The average Bonchev–Trinajstić information content (AvgIpc) is 2.94. The van der Waals surface area contributed by atoms with Gasteiger partial charge in [-0.2, -0.15) is 13.2 Å². The highest BCUT2D eigenvalue weighted by atomic mass is 32.2. The highest BCUT2D eigenvalue weighted by Gasteiger charge is 2.33. The molecule has 1 amide bonds. The number of nitrogens with one attached hydrogen (secondary N) is 2. The first-order valence-electron chi connectivity index (χ1n) is 7.80. The molecule has 26 heavy (non-hydrogen) atoms. The fraction of sp³-hybridized carbons (Fsp3) is 0.222. The Morgan fingerprint density at radius 2 is 1.88 bits per heavy atom. The number of aryl methyl sites for hydroxylation is 2. The highest BCUT2D eigenvalue weighted by Crippen LogP contribution is 2.34. The average molecular weight is 379 g/mol. The zero-order chi connectivity index (χ0) is 18.9. The van der Waals surface area contributed by atoms with E-state index in [1.165, 1.54) is 18.2 Å². The van der Waals surface area contributed by atoms with Crippen LogP contribution in [0.25, 0.3) is 11.0 Å². The molecule has 136 valence electrons. The molecule has 0 spiro atoms. The Kier molecular flexibility index (Phi) is 4.95. The van der Waals surface area contributed by atoms with Crippen LogP contribution in [0.1, 0.15) is 16.7 Å². The highest BCUT2D eigenvalue weighted by molar-refractivity contribution is 7.99. The van der Waals surface area contributed by atoms with E-state index in [1.807, 2.05) is 26.0 Å². The van der Waals surface area contributed by atoms with Gasteiger partial charge in [0.15, 0.2) is 5.16 Å². The number of imidazole rings is 1. The normalized spacial score (nSPS) is 11.7. The van der Waals surface area contributed by atoms with Gasteiger partial charge in [0.1, 0.15) is 0 Å². The molecular weight excluding hydrogens is 363 g/mol. The molecule has 1 heterocycles. The van der Waals surface area contributed by atoms with E-state index in [9.17, 15) is 18.0 Å². The second-order valence-electron chi connectivity index (χ2n) is 5.88. The van der Waals surface area contributed by atoms with Crippen LogP contribution in [-0.2, 0) is 11.0 Å². The summed E-state index contributed by atoms with van der Waals surface area (Å²) in [7, 11) is 0. The summed E-state index contributed by atoms with van der Waals surface area (Å²) in [5.41, 5.74) is 2.77. The van der Waals surface area contributed by atoms with Crippen LogP contribution in [0.15, 0.2) is 41.6 Å². The molecule has 8 heteroatoms. The molecule has 0 aliphatic carbocycles. The van der Waals surface area contributed by atoms with Crippen molar-refractivity contribution in [1.29, 1.82) is 0 Å². The molecule has 4 nitrogen and oxygen atoms in total. The van der Waals surface area contributed by atoms with Crippen LogP contribution in [0, 0.1) is 13.8 Å². The van der Waals surface area contributed by atoms with Crippen molar-refractivity contribution in [2.24, 2.45) is 0 Å². The number of aromatic amines is 1. The maximum atomic E-state index is 13.0. The van der Waals surface area contributed by atoms with Gasteiger partial charge < -0.3 is 10.3 Å². The van der Waals surface area contributed by atoms with E-state index in [4.69, 9.17) is 0 Å². The van der Waals surface area contributed by atoms with Crippen molar-refractivity contribution in [3.8, 4) is 0 Å². The minimum atomic E-state index is -4.52. The number of hydrogen-bond donors (Lipinski definition) is 2. The molecule has 0 saturated carbocycles.